The first-order chi connectivity index (χ1) is 7.47. The molecule has 0 aliphatic rings. The van der Waals surface area contributed by atoms with E-state index in [-0.39, 0.29) is 16.5 Å². The van der Waals surface area contributed by atoms with Crippen LogP contribution in [0.2, 0.25) is 5.02 Å². The lowest BCUT2D eigenvalue weighted by Gasteiger charge is -2.18. The topological polar surface area (TPSA) is 77.8 Å². The molecule has 2 atom stereocenters. The van der Waals surface area contributed by atoms with Gasteiger partial charge in [-0.15, -0.1) is 0 Å². The third-order valence-corrected chi connectivity index (χ3v) is 2.98. The Morgan fingerprint density at radius 3 is 2.56 bits per heavy atom. The molecule has 0 aliphatic carbocycles. The molecule has 88 valence electrons. The molecule has 4 nitrogen and oxygen atoms in total. The quantitative estimate of drug-likeness (QED) is 0.742. The molecule has 0 aromatic heterocycles. The van der Waals surface area contributed by atoms with E-state index < -0.39 is 18.2 Å². The second-order valence-electron chi connectivity index (χ2n) is 3.20. The number of aliphatic hydroxyl groups excluding tert-OH is 2. The lowest BCUT2D eigenvalue weighted by molar-refractivity contribution is 0.0328. The van der Waals surface area contributed by atoms with Gasteiger partial charge < -0.3 is 15.3 Å². The van der Waals surface area contributed by atoms with Crippen molar-refractivity contribution in [3.05, 3.63) is 34.3 Å². The summed E-state index contributed by atoms with van der Waals surface area (Å²) in [6, 6.07) is 4.05. The highest BCUT2D eigenvalue weighted by molar-refractivity contribution is 9.09. The predicted octanol–water partition coefficient (Wildman–Crippen LogP) is 1.83. The fourth-order valence-corrected chi connectivity index (χ4v) is 1.80. The van der Waals surface area contributed by atoms with Crippen LogP contribution in [0.5, 0.6) is 0 Å². The van der Waals surface area contributed by atoms with Crippen LogP contribution in [0, 0.1) is 0 Å². The highest BCUT2D eigenvalue weighted by atomic mass is 79.9. The number of rotatable bonds is 4. The van der Waals surface area contributed by atoms with E-state index >= 15 is 0 Å². The van der Waals surface area contributed by atoms with E-state index in [1.165, 1.54) is 18.2 Å². The van der Waals surface area contributed by atoms with E-state index in [4.69, 9.17) is 16.7 Å². The Balaban J connectivity index is 3.19. The molecule has 2 unspecified atom stereocenters. The summed E-state index contributed by atoms with van der Waals surface area (Å²) in [5, 5.41) is 28.5. The summed E-state index contributed by atoms with van der Waals surface area (Å²) in [7, 11) is 0. The van der Waals surface area contributed by atoms with Gasteiger partial charge in [-0.3, -0.25) is 0 Å². The Kier molecular flexibility index (Phi) is 4.73. The standard InChI is InChI=1S/C10H10BrClO4/c11-4-8(13)9(14)7-3-5(12)1-2-6(7)10(15)16/h1-3,8-9,13-14H,4H2,(H,15,16). The minimum absolute atomic E-state index is 0.0723. The van der Waals surface area contributed by atoms with Gasteiger partial charge >= 0.3 is 5.97 Å². The molecule has 0 saturated heterocycles. The molecule has 0 aliphatic heterocycles. The highest BCUT2D eigenvalue weighted by Crippen LogP contribution is 2.25. The van der Waals surface area contributed by atoms with E-state index in [2.05, 4.69) is 15.9 Å². The maximum absolute atomic E-state index is 10.9. The van der Waals surface area contributed by atoms with Crippen molar-refractivity contribution < 1.29 is 20.1 Å². The van der Waals surface area contributed by atoms with Crippen LogP contribution in [-0.2, 0) is 0 Å². The van der Waals surface area contributed by atoms with Crippen LogP contribution in [-0.4, -0.2) is 32.7 Å². The number of halogens is 2. The summed E-state index contributed by atoms with van der Waals surface area (Å²) in [4.78, 5) is 10.9. The van der Waals surface area contributed by atoms with Gasteiger partial charge in [0.1, 0.15) is 6.10 Å². The number of carbonyl (C=O) groups is 1. The van der Waals surface area contributed by atoms with Crippen LogP contribution in [0.3, 0.4) is 0 Å². The zero-order valence-corrected chi connectivity index (χ0v) is 10.4. The lowest BCUT2D eigenvalue weighted by Crippen LogP contribution is -2.21. The molecule has 1 aromatic carbocycles. The number of hydrogen-bond donors (Lipinski definition) is 3. The van der Waals surface area contributed by atoms with Gasteiger partial charge in [-0.1, -0.05) is 27.5 Å². The first kappa shape index (κ1) is 13.4. The Labute approximate surface area is 106 Å². The molecular weight excluding hydrogens is 299 g/mol. The van der Waals surface area contributed by atoms with Crippen molar-refractivity contribution in [2.45, 2.75) is 12.2 Å². The van der Waals surface area contributed by atoms with Gasteiger partial charge in [0.15, 0.2) is 0 Å². The van der Waals surface area contributed by atoms with Crippen molar-refractivity contribution in [2.75, 3.05) is 5.33 Å². The Bertz CT molecular complexity index is 396. The van der Waals surface area contributed by atoms with Crippen molar-refractivity contribution in [1.82, 2.24) is 0 Å². The molecule has 6 heteroatoms. The van der Waals surface area contributed by atoms with E-state index in [9.17, 15) is 15.0 Å². The summed E-state index contributed by atoms with van der Waals surface area (Å²) in [6.45, 7) is 0. The van der Waals surface area contributed by atoms with Crippen LogP contribution < -0.4 is 0 Å². The monoisotopic (exact) mass is 308 g/mol. The van der Waals surface area contributed by atoms with Gasteiger partial charge in [0.2, 0.25) is 0 Å². The maximum atomic E-state index is 10.9. The summed E-state index contributed by atoms with van der Waals surface area (Å²) in [5.74, 6) is -1.17. The fourth-order valence-electron chi connectivity index (χ4n) is 1.26. The molecule has 1 aromatic rings. The largest absolute Gasteiger partial charge is 0.478 e. The lowest BCUT2D eigenvalue weighted by atomic mass is 9.99. The number of carboxylic acids is 1. The SMILES string of the molecule is O=C(O)c1ccc(Cl)cc1C(O)C(O)CBr. The number of aromatic carboxylic acids is 1. The van der Waals surface area contributed by atoms with Gasteiger partial charge in [0, 0.05) is 10.4 Å². The second-order valence-corrected chi connectivity index (χ2v) is 4.29. The molecule has 16 heavy (non-hydrogen) atoms. The number of carboxylic acid groups (broad SMARTS) is 1. The van der Waals surface area contributed by atoms with Crippen LogP contribution >= 0.6 is 27.5 Å². The van der Waals surface area contributed by atoms with Gasteiger partial charge in [-0.2, -0.15) is 0 Å². The molecular formula is C10H10BrClO4. The minimum Gasteiger partial charge on any atom is -0.478 e. The summed E-state index contributed by atoms with van der Waals surface area (Å²) in [6.07, 6.45) is -2.37. The zero-order valence-electron chi connectivity index (χ0n) is 8.10. The Morgan fingerprint density at radius 1 is 1.44 bits per heavy atom. The molecule has 0 amide bonds. The fraction of sp³-hybridized carbons (Fsp3) is 0.300. The molecule has 0 radical (unpaired) electrons. The third-order valence-electron chi connectivity index (χ3n) is 2.09. The molecule has 0 saturated carbocycles. The van der Waals surface area contributed by atoms with Crippen LogP contribution in [0.1, 0.15) is 22.0 Å². The van der Waals surface area contributed by atoms with Crippen molar-refractivity contribution in [2.24, 2.45) is 0 Å². The van der Waals surface area contributed by atoms with Crippen molar-refractivity contribution in [3.63, 3.8) is 0 Å². The predicted molar refractivity (Wildman–Crippen MR) is 63.2 cm³/mol. The first-order valence-corrected chi connectivity index (χ1v) is 5.92. The summed E-state index contributed by atoms with van der Waals surface area (Å²) in [5.41, 5.74) is 0.0313. The van der Waals surface area contributed by atoms with Gasteiger partial charge in [-0.05, 0) is 23.8 Å². The van der Waals surface area contributed by atoms with Crippen molar-refractivity contribution in [3.8, 4) is 0 Å². The second kappa shape index (κ2) is 5.63. The van der Waals surface area contributed by atoms with Gasteiger partial charge in [0.05, 0.1) is 11.7 Å². The number of benzene rings is 1. The van der Waals surface area contributed by atoms with Crippen LogP contribution in [0.4, 0.5) is 0 Å². The van der Waals surface area contributed by atoms with Crippen molar-refractivity contribution >= 4 is 33.5 Å². The van der Waals surface area contributed by atoms with E-state index in [1.807, 2.05) is 0 Å². The van der Waals surface area contributed by atoms with E-state index in [1.54, 1.807) is 0 Å². The van der Waals surface area contributed by atoms with E-state index in [0.717, 1.165) is 0 Å². The minimum atomic E-state index is -1.29. The molecule has 0 heterocycles. The summed E-state index contributed by atoms with van der Waals surface area (Å²) >= 11 is 8.72. The average molecular weight is 310 g/mol. The van der Waals surface area contributed by atoms with E-state index in [0.29, 0.717) is 5.02 Å². The van der Waals surface area contributed by atoms with Crippen LogP contribution in [0.25, 0.3) is 0 Å². The molecule has 1 rings (SSSR count). The highest BCUT2D eigenvalue weighted by Gasteiger charge is 2.23. The molecule has 0 bridgehead atoms. The summed E-state index contributed by atoms with van der Waals surface area (Å²) < 4.78 is 0. The smallest absolute Gasteiger partial charge is 0.336 e. The van der Waals surface area contributed by atoms with Gasteiger partial charge in [-0.25, -0.2) is 4.79 Å². The average Bonchev–Trinajstić information content (AvgIpc) is 2.26. The Morgan fingerprint density at radius 2 is 2.06 bits per heavy atom. The molecule has 0 spiro atoms. The first-order valence-electron chi connectivity index (χ1n) is 4.42. The van der Waals surface area contributed by atoms with Crippen molar-refractivity contribution in [1.29, 1.82) is 0 Å². The molecule has 0 fully saturated rings. The zero-order chi connectivity index (χ0) is 12.3. The number of aliphatic hydroxyl groups is 2. The number of alkyl halides is 1. The van der Waals surface area contributed by atoms with Crippen LogP contribution in [0.15, 0.2) is 18.2 Å². The number of hydrogen-bond acceptors (Lipinski definition) is 3. The Hall–Kier alpha value is -0.620. The normalized spacial score (nSPS) is 14.5. The maximum Gasteiger partial charge on any atom is 0.336 e. The van der Waals surface area contributed by atoms with Gasteiger partial charge in [0.25, 0.3) is 0 Å². The third kappa shape index (κ3) is 2.95. The molecule has 3 N–H and O–H groups in total.